The Kier molecular flexibility index (Phi) is 5.94. The van der Waals surface area contributed by atoms with Crippen molar-refractivity contribution >= 4 is 0 Å². The van der Waals surface area contributed by atoms with Crippen molar-refractivity contribution in [2.24, 2.45) is 0 Å². The molecule has 2 rings (SSSR count). The van der Waals surface area contributed by atoms with E-state index in [9.17, 15) is 0 Å². The third-order valence-electron chi connectivity index (χ3n) is 4.01. The van der Waals surface area contributed by atoms with Gasteiger partial charge in [-0.1, -0.05) is 12.1 Å². The predicted octanol–water partition coefficient (Wildman–Crippen LogP) is 0.414. The Hall–Kier alpha value is -0.980. The zero-order valence-corrected chi connectivity index (χ0v) is 13.0. The molecule has 6 nitrogen and oxygen atoms in total. The van der Waals surface area contributed by atoms with Crippen molar-refractivity contribution < 1.29 is 0 Å². The Labute approximate surface area is 122 Å². The molecule has 0 radical (unpaired) electrons. The first-order chi connectivity index (χ1) is 9.69. The molecule has 1 atom stereocenters. The highest BCUT2D eigenvalue weighted by Crippen LogP contribution is 2.06. The topological polar surface area (TPSA) is 49.2 Å². The smallest absolute Gasteiger partial charge is 0.0964 e. The average Bonchev–Trinajstić information content (AvgIpc) is 2.88. The molecule has 1 fully saturated rings. The standard InChI is InChI=1S/C14H28N6/c1-4-5-15-10-14-12-20(17-16-14)9-8-19-7-6-18(3)13(2)11-19/h12-13,15H,4-11H2,1-3H3. The molecule has 0 aliphatic carbocycles. The van der Waals surface area contributed by atoms with E-state index in [1.165, 1.54) is 0 Å². The van der Waals surface area contributed by atoms with Crippen LogP contribution in [0.15, 0.2) is 6.20 Å². The number of likely N-dealkylation sites (N-methyl/N-ethyl adjacent to an activating group) is 1. The van der Waals surface area contributed by atoms with Crippen LogP contribution in [0.3, 0.4) is 0 Å². The molecule has 1 unspecified atom stereocenters. The minimum Gasteiger partial charge on any atom is -0.311 e. The molecule has 1 aromatic rings. The van der Waals surface area contributed by atoms with Crippen LogP contribution in [0.2, 0.25) is 0 Å². The van der Waals surface area contributed by atoms with E-state index >= 15 is 0 Å². The van der Waals surface area contributed by atoms with E-state index in [4.69, 9.17) is 0 Å². The Morgan fingerprint density at radius 3 is 2.95 bits per heavy atom. The highest BCUT2D eigenvalue weighted by atomic mass is 15.4. The van der Waals surface area contributed by atoms with Gasteiger partial charge in [0.15, 0.2) is 0 Å². The number of nitrogens with one attached hydrogen (secondary N) is 1. The number of rotatable bonds is 7. The van der Waals surface area contributed by atoms with E-state index in [1.807, 2.05) is 4.68 Å². The summed E-state index contributed by atoms with van der Waals surface area (Å²) in [6.07, 6.45) is 3.21. The van der Waals surface area contributed by atoms with Crippen molar-refractivity contribution in [2.45, 2.75) is 39.4 Å². The number of piperazine rings is 1. The second-order valence-corrected chi connectivity index (χ2v) is 5.78. The summed E-state index contributed by atoms with van der Waals surface area (Å²) in [5.74, 6) is 0. The van der Waals surface area contributed by atoms with Crippen LogP contribution in [-0.4, -0.2) is 70.6 Å². The maximum absolute atomic E-state index is 4.20. The van der Waals surface area contributed by atoms with Gasteiger partial charge < -0.3 is 10.2 Å². The van der Waals surface area contributed by atoms with Gasteiger partial charge in [-0.05, 0) is 26.9 Å². The lowest BCUT2D eigenvalue weighted by Gasteiger charge is -2.37. The second-order valence-electron chi connectivity index (χ2n) is 5.78. The van der Waals surface area contributed by atoms with Crippen LogP contribution in [0, 0.1) is 0 Å². The summed E-state index contributed by atoms with van der Waals surface area (Å²) < 4.78 is 1.96. The van der Waals surface area contributed by atoms with Gasteiger partial charge in [0.05, 0.1) is 12.2 Å². The molecular formula is C14H28N6. The summed E-state index contributed by atoms with van der Waals surface area (Å²) in [4.78, 5) is 4.94. The zero-order valence-electron chi connectivity index (χ0n) is 13.0. The van der Waals surface area contributed by atoms with Gasteiger partial charge in [-0.2, -0.15) is 0 Å². The summed E-state index contributed by atoms with van der Waals surface area (Å²) in [5, 5.41) is 11.8. The average molecular weight is 280 g/mol. The highest BCUT2D eigenvalue weighted by molar-refractivity contribution is 4.91. The number of hydrogen-bond donors (Lipinski definition) is 1. The van der Waals surface area contributed by atoms with Gasteiger partial charge in [0.1, 0.15) is 0 Å². The van der Waals surface area contributed by atoms with E-state index in [0.717, 1.165) is 57.9 Å². The first-order valence-electron chi connectivity index (χ1n) is 7.71. The highest BCUT2D eigenvalue weighted by Gasteiger charge is 2.20. The molecule has 1 saturated heterocycles. The van der Waals surface area contributed by atoms with Crippen molar-refractivity contribution in [2.75, 3.05) is 39.8 Å². The van der Waals surface area contributed by atoms with Crippen molar-refractivity contribution in [1.29, 1.82) is 0 Å². The molecule has 1 aliphatic rings. The van der Waals surface area contributed by atoms with Gasteiger partial charge in [0.2, 0.25) is 0 Å². The Morgan fingerprint density at radius 1 is 1.35 bits per heavy atom. The molecule has 0 amide bonds. The molecular weight excluding hydrogens is 252 g/mol. The van der Waals surface area contributed by atoms with E-state index in [-0.39, 0.29) is 0 Å². The minimum atomic E-state index is 0.647. The summed E-state index contributed by atoms with van der Waals surface area (Å²) >= 11 is 0. The maximum atomic E-state index is 4.20. The van der Waals surface area contributed by atoms with Crippen LogP contribution >= 0.6 is 0 Å². The maximum Gasteiger partial charge on any atom is 0.0964 e. The molecule has 1 N–H and O–H groups in total. The Morgan fingerprint density at radius 2 is 2.20 bits per heavy atom. The first-order valence-corrected chi connectivity index (χ1v) is 7.71. The zero-order chi connectivity index (χ0) is 14.4. The summed E-state index contributed by atoms with van der Waals surface area (Å²) in [6, 6.07) is 0.647. The van der Waals surface area contributed by atoms with Crippen LogP contribution in [0.5, 0.6) is 0 Å². The second kappa shape index (κ2) is 7.71. The number of nitrogens with zero attached hydrogens (tertiary/aromatic N) is 5. The van der Waals surface area contributed by atoms with E-state index < -0.39 is 0 Å². The Balaban J connectivity index is 1.71. The van der Waals surface area contributed by atoms with Crippen LogP contribution in [0.25, 0.3) is 0 Å². The van der Waals surface area contributed by atoms with Crippen molar-refractivity contribution in [3.05, 3.63) is 11.9 Å². The molecule has 0 saturated carbocycles. The van der Waals surface area contributed by atoms with Crippen LogP contribution in [0.4, 0.5) is 0 Å². The monoisotopic (exact) mass is 280 g/mol. The molecule has 0 aromatic carbocycles. The molecule has 2 heterocycles. The molecule has 114 valence electrons. The van der Waals surface area contributed by atoms with E-state index in [2.05, 4.69) is 52.5 Å². The van der Waals surface area contributed by atoms with E-state index in [0.29, 0.717) is 6.04 Å². The van der Waals surface area contributed by atoms with Gasteiger partial charge in [0, 0.05) is 45.0 Å². The molecule has 6 heteroatoms. The summed E-state index contributed by atoms with van der Waals surface area (Å²) in [5.41, 5.74) is 1.03. The molecule has 0 bridgehead atoms. The van der Waals surface area contributed by atoms with Gasteiger partial charge in [-0.3, -0.25) is 9.58 Å². The van der Waals surface area contributed by atoms with Crippen LogP contribution in [-0.2, 0) is 13.1 Å². The lowest BCUT2D eigenvalue weighted by atomic mass is 10.2. The van der Waals surface area contributed by atoms with Crippen LogP contribution in [0.1, 0.15) is 26.0 Å². The lowest BCUT2D eigenvalue weighted by molar-refractivity contribution is 0.101. The molecule has 1 aliphatic heterocycles. The molecule has 1 aromatic heterocycles. The van der Waals surface area contributed by atoms with E-state index in [1.54, 1.807) is 0 Å². The summed E-state index contributed by atoms with van der Waals surface area (Å²) in [7, 11) is 2.20. The van der Waals surface area contributed by atoms with Crippen molar-refractivity contribution in [3.63, 3.8) is 0 Å². The fourth-order valence-electron chi connectivity index (χ4n) is 2.49. The van der Waals surface area contributed by atoms with Crippen molar-refractivity contribution in [1.82, 2.24) is 30.1 Å². The largest absolute Gasteiger partial charge is 0.311 e. The Bertz CT molecular complexity index is 391. The van der Waals surface area contributed by atoms with Gasteiger partial charge >= 0.3 is 0 Å². The fourth-order valence-corrected chi connectivity index (χ4v) is 2.49. The predicted molar refractivity (Wildman–Crippen MR) is 80.6 cm³/mol. The SMILES string of the molecule is CCCNCc1cn(CCN2CCN(C)C(C)C2)nn1. The first kappa shape index (κ1) is 15.4. The van der Waals surface area contributed by atoms with Gasteiger partial charge in [-0.25, -0.2) is 0 Å². The third-order valence-corrected chi connectivity index (χ3v) is 4.01. The van der Waals surface area contributed by atoms with Crippen LogP contribution < -0.4 is 5.32 Å². The third kappa shape index (κ3) is 4.54. The van der Waals surface area contributed by atoms with Gasteiger partial charge in [-0.15, -0.1) is 5.10 Å². The summed E-state index contributed by atoms with van der Waals surface area (Å²) in [6.45, 7) is 11.8. The minimum absolute atomic E-state index is 0.647. The molecule has 0 spiro atoms. The fraction of sp³-hybridized carbons (Fsp3) is 0.857. The number of hydrogen-bond acceptors (Lipinski definition) is 5. The lowest BCUT2D eigenvalue weighted by Crippen LogP contribution is -2.50. The quantitative estimate of drug-likeness (QED) is 0.733. The molecule has 20 heavy (non-hydrogen) atoms. The number of aromatic nitrogens is 3. The normalized spacial score (nSPS) is 21.4. The van der Waals surface area contributed by atoms with Crippen molar-refractivity contribution in [3.8, 4) is 0 Å². The van der Waals surface area contributed by atoms with Gasteiger partial charge in [0.25, 0.3) is 0 Å².